The number of aromatic nitrogens is 4. The number of nitrogens with zero attached hydrogens (tertiary/aromatic N) is 4. The van der Waals surface area contributed by atoms with Gasteiger partial charge in [0.2, 0.25) is 5.28 Å². The zero-order valence-corrected chi connectivity index (χ0v) is 13.0. The summed E-state index contributed by atoms with van der Waals surface area (Å²) in [7, 11) is 0. The molecule has 2 aromatic rings. The van der Waals surface area contributed by atoms with Crippen molar-refractivity contribution in [1.29, 1.82) is 0 Å². The lowest BCUT2D eigenvalue weighted by atomic mass is 10.1. The highest BCUT2D eigenvalue weighted by Gasteiger charge is 2.43. The number of hydrogen-bond donors (Lipinski definition) is 0. The van der Waals surface area contributed by atoms with Crippen molar-refractivity contribution in [1.82, 2.24) is 19.7 Å². The molecule has 0 saturated heterocycles. The first-order valence-corrected chi connectivity index (χ1v) is 7.41. The predicted molar refractivity (Wildman–Crippen MR) is 77.1 cm³/mol. The molecule has 0 aliphatic heterocycles. The maximum Gasteiger partial charge on any atom is 0.327 e. The zero-order chi connectivity index (χ0) is 16.6. The number of carbonyl (C=O) groups excluding carboxylic acids is 1. The van der Waals surface area contributed by atoms with Gasteiger partial charge < -0.3 is 4.74 Å². The van der Waals surface area contributed by atoms with E-state index in [1.807, 2.05) is 0 Å². The van der Waals surface area contributed by atoms with E-state index in [-0.39, 0.29) is 37.0 Å². The van der Waals surface area contributed by atoms with Crippen molar-refractivity contribution < 1.29 is 18.3 Å². The summed E-state index contributed by atoms with van der Waals surface area (Å²) in [6, 6.07) is 0. The van der Waals surface area contributed by atoms with Gasteiger partial charge in [0, 0.05) is 23.7 Å². The van der Waals surface area contributed by atoms with Crippen LogP contribution in [0.2, 0.25) is 5.28 Å². The van der Waals surface area contributed by atoms with Crippen molar-refractivity contribution in [3.05, 3.63) is 28.9 Å². The number of esters is 1. The van der Waals surface area contributed by atoms with Crippen molar-refractivity contribution in [2.24, 2.45) is 0 Å². The van der Waals surface area contributed by atoms with E-state index in [0.29, 0.717) is 16.8 Å². The van der Waals surface area contributed by atoms with Gasteiger partial charge in [-0.2, -0.15) is 13.9 Å². The fraction of sp³-hybridized carbons (Fsp3) is 0.429. The first-order valence-electron chi connectivity index (χ1n) is 7.04. The molecule has 6 nitrogen and oxygen atoms in total. The Balaban J connectivity index is 1.95. The topological polar surface area (TPSA) is 69.9 Å². The van der Waals surface area contributed by atoms with Crippen LogP contribution in [0.1, 0.15) is 24.6 Å². The summed E-state index contributed by atoms with van der Waals surface area (Å²) >= 11 is 5.78. The van der Waals surface area contributed by atoms with Crippen LogP contribution in [0.3, 0.4) is 0 Å². The van der Waals surface area contributed by atoms with Crippen LogP contribution >= 0.6 is 11.6 Å². The minimum absolute atomic E-state index is 0.0645. The molecule has 0 spiro atoms. The summed E-state index contributed by atoms with van der Waals surface area (Å²) < 4.78 is 33.9. The summed E-state index contributed by atoms with van der Waals surface area (Å²) in [5.41, 5.74) is 0.876. The Morgan fingerprint density at radius 3 is 3.00 bits per heavy atom. The molecular formula is C14H13ClF2N4O2. The van der Waals surface area contributed by atoms with E-state index in [0.717, 1.165) is 0 Å². The van der Waals surface area contributed by atoms with Crippen LogP contribution in [0.15, 0.2) is 12.4 Å². The third kappa shape index (κ3) is 3.03. The quantitative estimate of drug-likeness (QED) is 0.631. The van der Waals surface area contributed by atoms with E-state index < -0.39 is 11.9 Å². The van der Waals surface area contributed by atoms with Crippen LogP contribution in [0.5, 0.6) is 0 Å². The highest BCUT2D eigenvalue weighted by Crippen LogP contribution is 2.43. The van der Waals surface area contributed by atoms with Gasteiger partial charge in [-0.15, -0.1) is 0 Å². The molecule has 0 aromatic carbocycles. The molecule has 9 heteroatoms. The summed E-state index contributed by atoms with van der Waals surface area (Å²) in [4.78, 5) is 19.2. The second kappa shape index (κ2) is 5.84. The maximum absolute atomic E-state index is 13.8. The molecule has 1 aliphatic carbocycles. The summed E-state index contributed by atoms with van der Waals surface area (Å²) in [5, 5.41) is 3.79. The molecule has 0 radical (unpaired) electrons. The molecule has 3 rings (SSSR count). The smallest absolute Gasteiger partial charge is 0.327 e. The number of rotatable bonds is 4. The van der Waals surface area contributed by atoms with Crippen molar-refractivity contribution >= 4 is 17.6 Å². The van der Waals surface area contributed by atoms with Gasteiger partial charge in [-0.3, -0.25) is 9.48 Å². The van der Waals surface area contributed by atoms with E-state index in [9.17, 15) is 13.6 Å². The SMILES string of the molecule is CCOC(=O)Cn1cc(-c2nc(Cl)nc3c2CCC3(F)F)cn1. The summed E-state index contributed by atoms with van der Waals surface area (Å²) in [6.45, 7) is 1.92. The molecule has 0 amide bonds. The van der Waals surface area contributed by atoms with Gasteiger partial charge >= 0.3 is 5.97 Å². The maximum atomic E-state index is 13.8. The molecule has 122 valence electrons. The number of carbonyl (C=O) groups is 1. The minimum Gasteiger partial charge on any atom is -0.465 e. The molecule has 0 fully saturated rings. The Morgan fingerprint density at radius 2 is 2.26 bits per heavy atom. The van der Waals surface area contributed by atoms with Crippen LogP contribution in [0.25, 0.3) is 11.3 Å². The van der Waals surface area contributed by atoms with Crippen LogP contribution in [-0.2, 0) is 28.4 Å². The average molecular weight is 343 g/mol. The largest absolute Gasteiger partial charge is 0.465 e. The molecule has 0 unspecified atom stereocenters. The highest BCUT2D eigenvalue weighted by atomic mass is 35.5. The van der Waals surface area contributed by atoms with Gasteiger partial charge in [-0.05, 0) is 24.9 Å². The van der Waals surface area contributed by atoms with E-state index in [1.165, 1.54) is 10.9 Å². The molecule has 2 aromatic heterocycles. The van der Waals surface area contributed by atoms with Gasteiger partial charge in [-0.25, -0.2) is 9.97 Å². The Bertz CT molecular complexity index is 763. The van der Waals surface area contributed by atoms with Crippen molar-refractivity contribution in [2.45, 2.75) is 32.2 Å². The second-order valence-corrected chi connectivity index (χ2v) is 5.44. The van der Waals surface area contributed by atoms with E-state index >= 15 is 0 Å². The van der Waals surface area contributed by atoms with Gasteiger partial charge in [0.1, 0.15) is 12.2 Å². The fourth-order valence-corrected chi connectivity index (χ4v) is 2.72. The highest BCUT2D eigenvalue weighted by molar-refractivity contribution is 6.28. The lowest BCUT2D eigenvalue weighted by Gasteiger charge is -2.10. The number of fused-ring (bicyclic) bond motifs is 1. The van der Waals surface area contributed by atoms with Gasteiger partial charge in [-0.1, -0.05) is 0 Å². The standard InChI is InChI=1S/C14H13ClF2N4O2/c1-2-23-10(22)7-21-6-8(5-18-21)11-9-3-4-14(16,17)12(9)20-13(15)19-11/h5-6H,2-4,7H2,1H3. The fourth-order valence-electron chi connectivity index (χ4n) is 2.55. The zero-order valence-electron chi connectivity index (χ0n) is 12.2. The molecule has 0 N–H and O–H groups in total. The molecule has 0 atom stereocenters. The third-order valence-corrected chi connectivity index (χ3v) is 3.69. The van der Waals surface area contributed by atoms with E-state index in [1.54, 1.807) is 13.1 Å². The van der Waals surface area contributed by atoms with E-state index in [4.69, 9.17) is 16.3 Å². The number of halogens is 3. The Morgan fingerprint density at radius 1 is 1.48 bits per heavy atom. The number of hydrogen-bond acceptors (Lipinski definition) is 5. The number of ether oxygens (including phenoxy) is 1. The second-order valence-electron chi connectivity index (χ2n) is 5.10. The molecule has 0 saturated carbocycles. The Kier molecular flexibility index (Phi) is 4.01. The monoisotopic (exact) mass is 342 g/mol. The van der Waals surface area contributed by atoms with Crippen molar-refractivity contribution in [3.63, 3.8) is 0 Å². The number of alkyl halides is 2. The van der Waals surface area contributed by atoms with Crippen LogP contribution < -0.4 is 0 Å². The van der Waals surface area contributed by atoms with Gasteiger partial charge in [0.05, 0.1) is 18.5 Å². The first kappa shape index (κ1) is 15.8. The normalized spacial score (nSPS) is 15.5. The van der Waals surface area contributed by atoms with Gasteiger partial charge in [0.15, 0.2) is 0 Å². The van der Waals surface area contributed by atoms with Crippen LogP contribution in [0.4, 0.5) is 8.78 Å². The summed E-state index contributed by atoms with van der Waals surface area (Å²) in [6.07, 6.45) is 2.85. The molecule has 0 bridgehead atoms. The van der Waals surface area contributed by atoms with Crippen molar-refractivity contribution in [2.75, 3.05) is 6.61 Å². The van der Waals surface area contributed by atoms with Crippen LogP contribution in [0, 0.1) is 0 Å². The summed E-state index contributed by atoms with van der Waals surface area (Å²) in [5.74, 6) is -3.43. The predicted octanol–water partition coefficient (Wildman–Crippen LogP) is 2.59. The van der Waals surface area contributed by atoms with Crippen molar-refractivity contribution in [3.8, 4) is 11.3 Å². The van der Waals surface area contributed by atoms with E-state index in [2.05, 4.69) is 15.1 Å². The molecular weight excluding hydrogens is 330 g/mol. The molecule has 1 aliphatic rings. The van der Waals surface area contributed by atoms with Gasteiger partial charge in [0.25, 0.3) is 5.92 Å². The lowest BCUT2D eigenvalue weighted by molar-refractivity contribution is -0.144. The molecule has 2 heterocycles. The molecule has 23 heavy (non-hydrogen) atoms. The van der Waals surface area contributed by atoms with Crippen LogP contribution in [-0.4, -0.2) is 32.3 Å². The Labute approximate surface area is 135 Å². The lowest BCUT2D eigenvalue weighted by Crippen LogP contribution is -2.13. The average Bonchev–Trinajstić information content (AvgIpc) is 3.04. The minimum atomic E-state index is -3.00. The first-order chi connectivity index (χ1) is 10.9. The Hall–Kier alpha value is -2.09. The third-order valence-electron chi connectivity index (χ3n) is 3.52.